The van der Waals surface area contributed by atoms with Crippen LogP contribution in [0.25, 0.3) is 0 Å². The average molecular weight is 421 g/mol. The lowest BCUT2D eigenvalue weighted by Gasteiger charge is -2.10. The Morgan fingerprint density at radius 1 is 1.24 bits per heavy atom. The summed E-state index contributed by atoms with van der Waals surface area (Å²) >= 11 is 6.60. The van der Waals surface area contributed by atoms with E-state index < -0.39 is 17.5 Å². The van der Waals surface area contributed by atoms with Crippen LogP contribution in [0.4, 0.5) is 14.5 Å². The monoisotopic (exact) mass is 419 g/mol. The molecule has 1 amide bonds. The number of hydrogen-bond acceptors (Lipinski definition) is 3. The van der Waals surface area contributed by atoms with Gasteiger partial charge in [-0.25, -0.2) is 8.78 Å². The Bertz CT molecular complexity index is 710. The van der Waals surface area contributed by atoms with Crippen LogP contribution in [0.15, 0.2) is 33.3 Å². The molecule has 1 heterocycles. The summed E-state index contributed by atoms with van der Waals surface area (Å²) in [5, 5.41) is 2.75. The highest BCUT2D eigenvalue weighted by Crippen LogP contribution is 2.23. The van der Waals surface area contributed by atoms with Crippen LogP contribution in [0.1, 0.15) is 16.1 Å². The molecule has 0 aliphatic carbocycles. The number of anilines is 1. The molecule has 21 heavy (non-hydrogen) atoms. The lowest BCUT2D eigenvalue weighted by atomic mass is 10.1. The zero-order valence-corrected chi connectivity index (χ0v) is 13.6. The Morgan fingerprint density at radius 3 is 2.57 bits per heavy atom. The molecule has 110 valence electrons. The first-order valence-electron chi connectivity index (χ1n) is 5.71. The minimum Gasteiger partial charge on any atom is -0.377 e. The van der Waals surface area contributed by atoms with Crippen LogP contribution in [0.3, 0.4) is 0 Å². The third-order valence-corrected chi connectivity index (χ3v) is 3.77. The number of carbonyl (C=O) groups excluding carboxylic acids is 1. The van der Waals surface area contributed by atoms with Crippen molar-refractivity contribution in [3.63, 3.8) is 0 Å². The van der Waals surface area contributed by atoms with Crippen LogP contribution in [0, 0.1) is 11.6 Å². The first-order valence-corrected chi connectivity index (χ1v) is 7.29. The van der Waals surface area contributed by atoms with Gasteiger partial charge in [-0.2, -0.15) is 0 Å². The van der Waals surface area contributed by atoms with Crippen LogP contribution in [-0.4, -0.2) is 10.9 Å². The summed E-state index contributed by atoms with van der Waals surface area (Å²) in [7, 11) is 0. The Kier molecular flexibility index (Phi) is 4.89. The highest BCUT2D eigenvalue weighted by Gasteiger charge is 2.14. The molecule has 4 nitrogen and oxygen atoms in total. The fraction of sp³-hybridized carbons (Fsp3) is 0.0769. The summed E-state index contributed by atoms with van der Waals surface area (Å²) in [6.07, 6.45) is 1.59. The third kappa shape index (κ3) is 3.76. The molecule has 2 aromatic rings. The predicted molar refractivity (Wildman–Crippen MR) is 81.8 cm³/mol. The third-order valence-electron chi connectivity index (χ3n) is 2.65. The van der Waals surface area contributed by atoms with Gasteiger partial charge >= 0.3 is 0 Å². The van der Waals surface area contributed by atoms with Gasteiger partial charge in [0, 0.05) is 21.2 Å². The molecule has 8 heteroatoms. The van der Waals surface area contributed by atoms with E-state index in [0.29, 0.717) is 11.8 Å². The summed E-state index contributed by atoms with van der Waals surface area (Å²) in [5.74, 6) is -2.77. The molecule has 0 unspecified atom stereocenters. The number of hydrogen-bond donors (Lipinski definition) is 2. The Labute approximate surface area is 136 Å². The van der Waals surface area contributed by atoms with Crippen molar-refractivity contribution in [1.29, 1.82) is 0 Å². The summed E-state index contributed by atoms with van der Waals surface area (Å²) in [4.78, 5) is 15.2. The molecule has 3 N–H and O–H groups in total. The number of nitrogens with zero attached hydrogens (tertiary/aromatic N) is 1. The van der Waals surface area contributed by atoms with Gasteiger partial charge in [0.2, 0.25) is 0 Å². The summed E-state index contributed by atoms with van der Waals surface area (Å²) < 4.78 is 28.5. The molecule has 0 spiro atoms. The van der Waals surface area contributed by atoms with Crippen LogP contribution >= 0.6 is 31.9 Å². The van der Waals surface area contributed by atoms with Gasteiger partial charge in [-0.3, -0.25) is 9.78 Å². The van der Waals surface area contributed by atoms with Crippen molar-refractivity contribution < 1.29 is 13.6 Å². The van der Waals surface area contributed by atoms with E-state index in [4.69, 9.17) is 5.73 Å². The molecule has 0 aliphatic heterocycles. The second kappa shape index (κ2) is 6.48. The second-order valence-corrected chi connectivity index (χ2v) is 5.88. The maximum absolute atomic E-state index is 13.7. The quantitative estimate of drug-likeness (QED) is 0.794. The average Bonchev–Trinajstić information content (AvgIpc) is 2.39. The number of rotatable bonds is 4. The number of pyridine rings is 1. The van der Waals surface area contributed by atoms with E-state index in [1.807, 2.05) is 0 Å². The standard InChI is InChI=1S/C13H9Br2F2N3O/c14-6-1-8(15)12(19-4-6)5-20-11-2-7(13(18)21)9(16)3-10(11)17/h1-4,20H,5H2,(H2,18,21). The van der Waals surface area contributed by atoms with Crippen molar-refractivity contribution in [3.8, 4) is 0 Å². The molecule has 0 saturated carbocycles. The topological polar surface area (TPSA) is 68.0 Å². The zero-order chi connectivity index (χ0) is 15.6. The Balaban J connectivity index is 2.23. The van der Waals surface area contributed by atoms with Gasteiger partial charge in [-0.1, -0.05) is 0 Å². The zero-order valence-electron chi connectivity index (χ0n) is 10.5. The van der Waals surface area contributed by atoms with Crippen molar-refractivity contribution in [2.75, 3.05) is 5.32 Å². The molecule has 0 aliphatic rings. The van der Waals surface area contributed by atoms with Crippen LogP contribution in [0.2, 0.25) is 0 Å². The molecule has 2 rings (SSSR count). The molecule has 1 aromatic carbocycles. The number of halogens is 4. The first-order chi connectivity index (χ1) is 9.88. The van der Waals surface area contributed by atoms with Crippen molar-refractivity contribution >= 4 is 43.5 Å². The van der Waals surface area contributed by atoms with Crippen molar-refractivity contribution in [1.82, 2.24) is 4.98 Å². The van der Waals surface area contributed by atoms with Crippen LogP contribution in [-0.2, 0) is 6.54 Å². The highest BCUT2D eigenvalue weighted by molar-refractivity contribution is 9.11. The van der Waals surface area contributed by atoms with E-state index in [-0.39, 0.29) is 17.8 Å². The largest absolute Gasteiger partial charge is 0.377 e. The van der Waals surface area contributed by atoms with Crippen molar-refractivity contribution in [2.24, 2.45) is 5.73 Å². The molecule has 0 radical (unpaired) electrons. The molecular weight excluding hydrogens is 412 g/mol. The van der Waals surface area contributed by atoms with Gasteiger partial charge in [0.15, 0.2) is 0 Å². The van der Waals surface area contributed by atoms with Crippen molar-refractivity contribution in [2.45, 2.75) is 6.54 Å². The second-order valence-electron chi connectivity index (χ2n) is 4.11. The minimum absolute atomic E-state index is 0.0261. The number of benzene rings is 1. The molecule has 0 bridgehead atoms. The smallest absolute Gasteiger partial charge is 0.251 e. The van der Waals surface area contributed by atoms with Gasteiger partial charge in [-0.15, -0.1) is 0 Å². The molecule has 0 atom stereocenters. The number of aromatic nitrogens is 1. The molecule has 0 fully saturated rings. The van der Waals surface area contributed by atoms with E-state index in [2.05, 4.69) is 42.2 Å². The Hall–Kier alpha value is -1.54. The van der Waals surface area contributed by atoms with Gasteiger partial charge in [0.25, 0.3) is 5.91 Å². The summed E-state index contributed by atoms with van der Waals surface area (Å²) in [6, 6.07) is 3.45. The normalized spacial score (nSPS) is 10.5. The van der Waals surface area contributed by atoms with E-state index in [9.17, 15) is 13.6 Å². The summed E-state index contributed by atoms with van der Waals surface area (Å²) in [6.45, 7) is 0.189. The number of nitrogens with one attached hydrogen (secondary N) is 1. The maximum Gasteiger partial charge on any atom is 0.251 e. The first kappa shape index (κ1) is 15.8. The highest BCUT2D eigenvalue weighted by atomic mass is 79.9. The Morgan fingerprint density at radius 2 is 1.95 bits per heavy atom. The van der Waals surface area contributed by atoms with E-state index in [0.717, 1.165) is 15.0 Å². The van der Waals surface area contributed by atoms with Crippen LogP contribution in [0.5, 0.6) is 0 Å². The van der Waals surface area contributed by atoms with Crippen molar-refractivity contribution in [3.05, 3.63) is 56.2 Å². The van der Waals surface area contributed by atoms with Gasteiger partial charge in [-0.05, 0) is 44.0 Å². The minimum atomic E-state index is -0.992. The number of carbonyl (C=O) groups is 1. The summed E-state index contributed by atoms with van der Waals surface area (Å²) in [5.41, 5.74) is 5.26. The predicted octanol–water partition coefficient (Wildman–Crippen LogP) is 3.60. The molecule has 1 aromatic heterocycles. The maximum atomic E-state index is 13.7. The van der Waals surface area contributed by atoms with E-state index >= 15 is 0 Å². The van der Waals surface area contributed by atoms with Crippen LogP contribution < -0.4 is 11.1 Å². The SMILES string of the molecule is NC(=O)c1cc(NCc2ncc(Br)cc2Br)c(F)cc1F. The van der Waals surface area contributed by atoms with E-state index in [1.54, 1.807) is 12.3 Å². The lowest BCUT2D eigenvalue weighted by molar-refractivity contribution is 0.0996. The number of primary amides is 1. The fourth-order valence-corrected chi connectivity index (χ4v) is 2.75. The number of nitrogens with two attached hydrogens (primary N) is 1. The van der Waals surface area contributed by atoms with E-state index in [1.165, 1.54) is 0 Å². The molecule has 0 saturated heterocycles. The van der Waals surface area contributed by atoms with Gasteiger partial charge < -0.3 is 11.1 Å². The van der Waals surface area contributed by atoms with Gasteiger partial charge in [0.05, 0.1) is 23.5 Å². The fourth-order valence-electron chi connectivity index (χ4n) is 1.63. The number of amides is 1. The molecular formula is C13H9Br2F2N3O. The lowest BCUT2D eigenvalue weighted by Crippen LogP contribution is -2.14. The van der Waals surface area contributed by atoms with Gasteiger partial charge in [0.1, 0.15) is 11.6 Å².